The molecule has 1 aliphatic heterocycles. The summed E-state index contributed by atoms with van der Waals surface area (Å²) in [4.78, 5) is 18.3. The maximum absolute atomic E-state index is 12.9. The second-order valence-corrected chi connectivity index (χ2v) is 6.64. The number of urea groups is 1. The van der Waals surface area contributed by atoms with E-state index in [-0.39, 0.29) is 35.4 Å². The van der Waals surface area contributed by atoms with Crippen molar-refractivity contribution in [1.82, 2.24) is 20.4 Å². The van der Waals surface area contributed by atoms with Crippen molar-refractivity contribution in [3.8, 4) is 11.4 Å². The minimum atomic E-state index is -4.45. The predicted molar refractivity (Wildman–Crippen MR) is 91.7 cm³/mol. The molecule has 2 atom stereocenters. The number of carbonyl (C=O) groups excluding carboxylic acids is 1. The van der Waals surface area contributed by atoms with E-state index in [2.05, 4.69) is 15.5 Å². The molecule has 0 saturated carbocycles. The topological polar surface area (TPSA) is 71.3 Å². The van der Waals surface area contributed by atoms with Gasteiger partial charge in [-0.1, -0.05) is 24.2 Å². The van der Waals surface area contributed by atoms with Gasteiger partial charge in [-0.05, 0) is 38.3 Å². The fraction of sp³-hybridized carbons (Fsp3) is 0.500. The molecule has 3 rings (SSSR count). The number of benzene rings is 1. The lowest BCUT2D eigenvalue weighted by Crippen LogP contribution is -2.43. The monoisotopic (exact) mass is 382 g/mol. The van der Waals surface area contributed by atoms with Gasteiger partial charge >= 0.3 is 12.2 Å². The molecule has 0 spiro atoms. The number of amides is 2. The van der Waals surface area contributed by atoms with Crippen LogP contribution in [0.1, 0.15) is 50.6 Å². The first-order valence-corrected chi connectivity index (χ1v) is 8.88. The summed E-state index contributed by atoms with van der Waals surface area (Å²) in [6, 6.07) is 4.23. The van der Waals surface area contributed by atoms with Crippen LogP contribution in [0.2, 0.25) is 0 Å². The van der Waals surface area contributed by atoms with Crippen molar-refractivity contribution < 1.29 is 22.5 Å². The fourth-order valence-corrected chi connectivity index (χ4v) is 2.98. The molecule has 1 aliphatic rings. The van der Waals surface area contributed by atoms with Crippen molar-refractivity contribution in [2.24, 2.45) is 0 Å². The molecule has 9 heteroatoms. The van der Waals surface area contributed by atoms with Crippen LogP contribution in [0.3, 0.4) is 0 Å². The number of carbonyl (C=O) groups is 1. The molecule has 146 valence electrons. The number of halogens is 3. The summed E-state index contributed by atoms with van der Waals surface area (Å²) in [6.07, 6.45) is -2.18. The summed E-state index contributed by atoms with van der Waals surface area (Å²) in [5, 5.41) is 6.72. The van der Waals surface area contributed by atoms with Gasteiger partial charge in [-0.2, -0.15) is 18.2 Å². The summed E-state index contributed by atoms with van der Waals surface area (Å²) >= 11 is 0. The predicted octanol–water partition coefficient (Wildman–Crippen LogP) is 4.40. The Hall–Kier alpha value is -2.58. The van der Waals surface area contributed by atoms with Crippen molar-refractivity contribution in [3.63, 3.8) is 0 Å². The minimum absolute atomic E-state index is 0.0436. The first kappa shape index (κ1) is 19.2. The molecule has 2 aromatic rings. The second kappa shape index (κ2) is 7.58. The summed E-state index contributed by atoms with van der Waals surface area (Å²) in [5.41, 5.74) is -0.560. The zero-order chi connectivity index (χ0) is 19.6. The van der Waals surface area contributed by atoms with Gasteiger partial charge < -0.3 is 14.7 Å². The Morgan fingerprint density at radius 2 is 2.22 bits per heavy atom. The average molecular weight is 382 g/mol. The molecule has 27 heavy (non-hydrogen) atoms. The highest BCUT2D eigenvalue weighted by Crippen LogP contribution is 2.34. The molecule has 1 saturated heterocycles. The Morgan fingerprint density at radius 1 is 1.44 bits per heavy atom. The smallest absolute Gasteiger partial charge is 0.337 e. The Balaban J connectivity index is 1.80. The highest BCUT2D eigenvalue weighted by molar-refractivity contribution is 5.75. The van der Waals surface area contributed by atoms with Crippen molar-refractivity contribution >= 4 is 6.03 Å². The van der Waals surface area contributed by atoms with E-state index in [4.69, 9.17) is 4.52 Å². The van der Waals surface area contributed by atoms with Crippen LogP contribution in [0.5, 0.6) is 0 Å². The van der Waals surface area contributed by atoms with E-state index in [1.54, 1.807) is 4.90 Å². The number of nitrogens with zero attached hydrogens (tertiary/aromatic N) is 3. The maximum Gasteiger partial charge on any atom is 0.416 e. The number of likely N-dealkylation sites (tertiary alicyclic amines) is 1. The Morgan fingerprint density at radius 3 is 2.93 bits per heavy atom. The third-order valence-electron chi connectivity index (χ3n) is 4.67. The molecule has 1 fully saturated rings. The number of hydrogen-bond donors (Lipinski definition) is 1. The third-order valence-corrected chi connectivity index (χ3v) is 4.67. The van der Waals surface area contributed by atoms with Crippen LogP contribution < -0.4 is 5.32 Å². The van der Waals surface area contributed by atoms with E-state index in [1.807, 2.05) is 13.8 Å². The summed E-state index contributed by atoms with van der Waals surface area (Å²) in [6.45, 7) is 4.46. The molecule has 1 aromatic heterocycles. The number of alkyl halides is 3. The number of hydrogen-bond acceptors (Lipinski definition) is 4. The first-order valence-electron chi connectivity index (χ1n) is 8.88. The van der Waals surface area contributed by atoms with Gasteiger partial charge in [0.15, 0.2) is 0 Å². The van der Waals surface area contributed by atoms with Gasteiger partial charge in [0.05, 0.1) is 5.56 Å². The lowest BCUT2D eigenvalue weighted by molar-refractivity contribution is -0.137. The molecular formula is C18H21F3N4O2. The van der Waals surface area contributed by atoms with Gasteiger partial charge in [-0.15, -0.1) is 0 Å². The molecule has 0 bridgehead atoms. The van der Waals surface area contributed by atoms with Gasteiger partial charge in [0, 0.05) is 18.2 Å². The molecule has 6 nitrogen and oxygen atoms in total. The van der Waals surface area contributed by atoms with Crippen molar-refractivity contribution in [3.05, 3.63) is 35.7 Å². The van der Waals surface area contributed by atoms with E-state index in [9.17, 15) is 18.0 Å². The van der Waals surface area contributed by atoms with Crippen LogP contribution in [-0.4, -0.2) is 33.7 Å². The number of nitrogens with one attached hydrogen (secondary N) is 1. The minimum Gasteiger partial charge on any atom is -0.337 e. The molecule has 2 amide bonds. The summed E-state index contributed by atoms with van der Waals surface area (Å²) < 4.78 is 44.0. The quantitative estimate of drug-likeness (QED) is 0.851. The first-order chi connectivity index (χ1) is 12.8. The van der Waals surface area contributed by atoms with Crippen LogP contribution >= 0.6 is 0 Å². The zero-order valence-corrected chi connectivity index (χ0v) is 15.1. The largest absolute Gasteiger partial charge is 0.416 e. The van der Waals surface area contributed by atoms with Crippen LogP contribution in [0.15, 0.2) is 28.8 Å². The van der Waals surface area contributed by atoms with Crippen LogP contribution in [-0.2, 0) is 6.18 Å². The fourth-order valence-electron chi connectivity index (χ4n) is 2.98. The van der Waals surface area contributed by atoms with E-state index in [0.29, 0.717) is 13.0 Å². The Kier molecular flexibility index (Phi) is 5.38. The van der Waals surface area contributed by atoms with Gasteiger partial charge in [-0.25, -0.2) is 4.79 Å². The normalized spacial score (nSPS) is 18.6. The second-order valence-electron chi connectivity index (χ2n) is 6.64. The molecule has 1 aromatic carbocycles. The lowest BCUT2D eigenvalue weighted by Gasteiger charge is -2.24. The van der Waals surface area contributed by atoms with E-state index >= 15 is 0 Å². The van der Waals surface area contributed by atoms with Crippen molar-refractivity contribution in [2.75, 3.05) is 6.54 Å². The lowest BCUT2D eigenvalue weighted by atomic mass is 10.1. The molecule has 1 N–H and O–H groups in total. The third kappa shape index (κ3) is 4.23. The van der Waals surface area contributed by atoms with E-state index in [1.165, 1.54) is 12.1 Å². The summed E-state index contributed by atoms with van der Waals surface area (Å²) in [5.74, 6) is 0.310. The highest BCUT2D eigenvalue weighted by atomic mass is 19.4. The zero-order valence-electron chi connectivity index (χ0n) is 15.1. The Bertz CT molecular complexity index is 806. The van der Waals surface area contributed by atoms with Crippen molar-refractivity contribution in [2.45, 2.75) is 51.4 Å². The van der Waals surface area contributed by atoms with Crippen LogP contribution in [0.25, 0.3) is 11.4 Å². The highest BCUT2D eigenvalue weighted by Gasteiger charge is 2.35. The van der Waals surface area contributed by atoms with Crippen molar-refractivity contribution in [1.29, 1.82) is 0 Å². The Labute approximate surface area is 154 Å². The average Bonchev–Trinajstić information content (AvgIpc) is 3.30. The molecule has 0 unspecified atom stereocenters. The molecule has 0 aliphatic carbocycles. The van der Waals surface area contributed by atoms with Crippen LogP contribution in [0.4, 0.5) is 18.0 Å². The maximum atomic E-state index is 12.9. The van der Waals surface area contributed by atoms with Crippen LogP contribution in [0, 0.1) is 0 Å². The van der Waals surface area contributed by atoms with Gasteiger partial charge in [0.1, 0.15) is 6.04 Å². The SMILES string of the molecule is CC[C@@H](C)NC(=O)N1CCC[C@@H]1c1nc(-c2cccc(C(F)(F)F)c2)no1. The number of rotatable bonds is 4. The standard InChI is InChI=1S/C18H21F3N4O2/c1-3-11(2)22-17(26)25-9-5-8-14(25)16-23-15(24-27-16)12-6-4-7-13(10-12)18(19,20)21/h4,6-7,10-11,14H,3,5,8-9H2,1-2H3,(H,22,26)/t11-,14-/m1/s1. The summed E-state index contributed by atoms with van der Waals surface area (Å²) in [7, 11) is 0. The van der Waals surface area contributed by atoms with Gasteiger partial charge in [0.2, 0.25) is 11.7 Å². The van der Waals surface area contributed by atoms with Gasteiger partial charge in [-0.3, -0.25) is 0 Å². The molecule has 0 radical (unpaired) electrons. The van der Waals surface area contributed by atoms with E-state index in [0.717, 1.165) is 25.0 Å². The van der Waals surface area contributed by atoms with Gasteiger partial charge in [0.25, 0.3) is 0 Å². The number of aromatic nitrogens is 2. The molecule has 2 heterocycles. The van der Waals surface area contributed by atoms with E-state index < -0.39 is 11.7 Å². The molecular weight excluding hydrogens is 361 g/mol.